The highest BCUT2D eigenvalue weighted by molar-refractivity contribution is 9.10. The molecule has 0 aliphatic carbocycles. The summed E-state index contributed by atoms with van der Waals surface area (Å²) >= 11 is 5.15. The van der Waals surface area contributed by atoms with E-state index in [0.717, 1.165) is 10.2 Å². The first-order valence-corrected chi connectivity index (χ1v) is 7.99. The molecular formula is C15H16BrNO2S. The van der Waals surface area contributed by atoms with Gasteiger partial charge in [0.15, 0.2) is 0 Å². The smallest absolute Gasteiger partial charge is 0.335 e. The van der Waals surface area contributed by atoms with Gasteiger partial charge in [0.2, 0.25) is 0 Å². The Bertz CT molecular complexity index is 596. The molecule has 1 atom stereocenters. The molecule has 1 aromatic carbocycles. The second-order valence-corrected chi connectivity index (χ2v) is 6.71. The number of carboxylic acids is 1. The van der Waals surface area contributed by atoms with Crippen LogP contribution < -0.4 is 5.32 Å². The topological polar surface area (TPSA) is 49.3 Å². The van der Waals surface area contributed by atoms with Crippen LogP contribution in [0.3, 0.4) is 0 Å². The van der Waals surface area contributed by atoms with Crippen molar-refractivity contribution in [1.82, 2.24) is 0 Å². The summed E-state index contributed by atoms with van der Waals surface area (Å²) in [6.07, 6.45) is 0. The molecule has 0 aliphatic heterocycles. The van der Waals surface area contributed by atoms with Crippen molar-refractivity contribution >= 4 is 38.9 Å². The zero-order valence-corrected chi connectivity index (χ0v) is 13.7. The van der Waals surface area contributed by atoms with Gasteiger partial charge >= 0.3 is 5.97 Å². The summed E-state index contributed by atoms with van der Waals surface area (Å²) < 4.78 is 0.764. The minimum atomic E-state index is -0.920. The number of hydrogen-bond donors (Lipinski definition) is 2. The van der Waals surface area contributed by atoms with Crippen molar-refractivity contribution in [2.45, 2.75) is 19.9 Å². The van der Waals surface area contributed by atoms with Gasteiger partial charge in [0.05, 0.1) is 11.6 Å². The Morgan fingerprint density at radius 1 is 1.35 bits per heavy atom. The Morgan fingerprint density at radius 2 is 2.10 bits per heavy atom. The number of aromatic carboxylic acids is 1. The fourth-order valence-electron chi connectivity index (χ4n) is 1.97. The molecule has 1 aromatic heterocycles. The van der Waals surface area contributed by atoms with Gasteiger partial charge in [0, 0.05) is 15.0 Å². The quantitative estimate of drug-likeness (QED) is 0.793. The third kappa shape index (κ3) is 3.41. The lowest BCUT2D eigenvalue weighted by molar-refractivity contribution is 0.0697. The molecule has 0 fully saturated rings. The average Bonchev–Trinajstić information content (AvgIpc) is 2.90. The van der Waals surface area contributed by atoms with Crippen molar-refractivity contribution in [1.29, 1.82) is 0 Å². The van der Waals surface area contributed by atoms with Crippen molar-refractivity contribution in [3.05, 3.63) is 50.6 Å². The zero-order chi connectivity index (χ0) is 14.7. The summed E-state index contributed by atoms with van der Waals surface area (Å²) in [5.74, 6) is -0.490. The second-order valence-electron chi connectivity index (χ2n) is 4.88. The van der Waals surface area contributed by atoms with Crippen LogP contribution in [-0.4, -0.2) is 11.1 Å². The highest BCUT2D eigenvalue weighted by atomic mass is 79.9. The number of carboxylic acid groups (broad SMARTS) is 1. The molecular weight excluding hydrogens is 338 g/mol. The molecule has 0 saturated carbocycles. The van der Waals surface area contributed by atoms with Crippen molar-refractivity contribution in [3.8, 4) is 0 Å². The van der Waals surface area contributed by atoms with E-state index in [9.17, 15) is 4.79 Å². The number of hydrogen-bond acceptors (Lipinski definition) is 3. The van der Waals surface area contributed by atoms with Crippen molar-refractivity contribution in [3.63, 3.8) is 0 Å². The predicted molar refractivity (Wildman–Crippen MR) is 86.6 cm³/mol. The van der Waals surface area contributed by atoms with Gasteiger partial charge in [-0.2, -0.15) is 0 Å². The highest BCUT2D eigenvalue weighted by Gasteiger charge is 2.18. The Labute approximate surface area is 130 Å². The number of carbonyl (C=O) groups is 1. The maximum atomic E-state index is 10.9. The fraction of sp³-hybridized carbons (Fsp3) is 0.267. The summed E-state index contributed by atoms with van der Waals surface area (Å²) in [4.78, 5) is 12.2. The number of thiophene rings is 1. The molecule has 0 saturated heterocycles. The number of anilines is 1. The van der Waals surface area contributed by atoms with E-state index in [1.54, 1.807) is 29.5 Å². The van der Waals surface area contributed by atoms with E-state index in [4.69, 9.17) is 5.11 Å². The average molecular weight is 354 g/mol. The standard InChI is InChI=1S/C15H16BrNO2S/c1-9(2)14(13-4-3-7-20-13)17-12-6-5-10(15(18)19)8-11(12)16/h3-9,14,17H,1-2H3,(H,18,19). The van der Waals surface area contributed by atoms with Crippen LogP contribution in [0.25, 0.3) is 0 Å². The minimum Gasteiger partial charge on any atom is -0.478 e. The minimum absolute atomic E-state index is 0.210. The monoisotopic (exact) mass is 353 g/mol. The molecule has 1 unspecified atom stereocenters. The molecule has 20 heavy (non-hydrogen) atoms. The summed E-state index contributed by atoms with van der Waals surface area (Å²) in [6, 6.07) is 9.40. The van der Waals surface area contributed by atoms with Crippen LogP contribution in [0.5, 0.6) is 0 Å². The fourth-order valence-corrected chi connectivity index (χ4v) is 3.41. The maximum absolute atomic E-state index is 10.9. The van der Waals surface area contributed by atoms with Gasteiger partial charge in [-0.05, 0) is 51.5 Å². The van der Waals surface area contributed by atoms with Gasteiger partial charge in [-0.15, -0.1) is 11.3 Å². The predicted octanol–water partition coefficient (Wildman–Crippen LogP) is 5.02. The summed E-state index contributed by atoms with van der Waals surface area (Å²) in [7, 11) is 0. The van der Waals surface area contributed by atoms with Crippen LogP contribution in [0, 0.1) is 5.92 Å². The van der Waals surface area contributed by atoms with Gasteiger partial charge in [-0.1, -0.05) is 19.9 Å². The summed E-state index contributed by atoms with van der Waals surface area (Å²) in [5, 5.41) is 14.5. The highest BCUT2D eigenvalue weighted by Crippen LogP contribution is 2.33. The number of nitrogens with one attached hydrogen (secondary N) is 1. The molecule has 2 aromatic rings. The number of benzene rings is 1. The summed E-state index contributed by atoms with van der Waals surface area (Å²) in [6.45, 7) is 4.33. The zero-order valence-electron chi connectivity index (χ0n) is 11.3. The molecule has 1 heterocycles. The first-order chi connectivity index (χ1) is 9.49. The van der Waals surface area contributed by atoms with E-state index < -0.39 is 5.97 Å². The Hall–Kier alpha value is -1.33. The maximum Gasteiger partial charge on any atom is 0.335 e. The van der Waals surface area contributed by atoms with Crippen molar-refractivity contribution in [2.75, 3.05) is 5.32 Å². The molecule has 5 heteroatoms. The number of rotatable bonds is 5. The Balaban J connectivity index is 2.25. The van der Waals surface area contributed by atoms with Gasteiger partial charge < -0.3 is 10.4 Å². The van der Waals surface area contributed by atoms with Crippen LogP contribution in [0.15, 0.2) is 40.2 Å². The lowest BCUT2D eigenvalue weighted by Crippen LogP contribution is -2.16. The molecule has 3 nitrogen and oxygen atoms in total. The van der Waals surface area contributed by atoms with Gasteiger partial charge in [-0.25, -0.2) is 4.79 Å². The molecule has 0 amide bonds. The SMILES string of the molecule is CC(C)C(Nc1ccc(C(=O)O)cc1Br)c1cccs1. The van der Waals surface area contributed by atoms with Crippen LogP contribution >= 0.6 is 27.3 Å². The molecule has 0 aliphatic rings. The van der Waals surface area contributed by atoms with Gasteiger partial charge in [0.25, 0.3) is 0 Å². The van der Waals surface area contributed by atoms with Crippen molar-refractivity contribution in [2.24, 2.45) is 5.92 Å². The van der Waals surface area contributed by atoms with Crippen LogP contribution in [0.2, 0.25) is 0 Å². The lowest BCUT2D eigenvalue weighted by atomic mass is 10.0. The largest absolute Gasteiger partial charge is 0.478 e. The first-order valence-electron chi connectivity index (χ1n) is 6.32. The van der Waals surface area contributed by atoms with Crippen LogP contribution in [0.4, 0.5) is 5.69 Å². The number of halogens is 1. The summed E-state index contributed by atoms with van der Waals surface area (Å²) in [5.41, 5.74) is 1.18. The molecule has 0 spiro atoms. The van der Waals surface area contributed by atoms with Crippen LogP contribution in [0.1, 0.15) is 35.1 Å². The molecule has 2 N–H and O–H groups in total. The molecule has 106 valence electrons. The normalized spacial score (nSPS) is 12.4. The van der Waals surface area contributed by atoms with E-state index in [1.807, 2.05) is 6.07 Å². The van der Waals surface area contributed by atoms with Crippen molar-refractivity contribution < 1.29 is 9.90 Å². The van der Waals surface area contributed by atoms with Gasteiger partial charge in [0.1, 0.15) is 0 Å². The molecule has 0 radical (unpaired) electrons. The molecule has 2 rings (SSSR count). The van der Waals surface area contributed by atoms with Crippen LogP contribution in [-0.2, 0) is 0 Å². The van der Waals surface area contributed by atoms with Gasteiger partial charge in [-0.3, -0.25) is 0 Å². The first kappa shape index (κ1) is 15.1. The third-order valence-corrected chi connectivity index (χ3v) is 4.65. The van der Waals surface area contributed by atoms with E-state index in [2.05, 4.69) is 46.5 Å². The molecule has 0 bridgehead atoms. The Morgan fingerprint density at radius 3 is 2.60 bits per heavy atom. The van der Waals surface area contributed by atoms with E-state index >= 15 is 0 Å². The second kappa shape index (κ2) is 6.41. The van der Waals surface area contributed by atoms with E-state index in [-0.39, 0.29) is 11.6 Å². The Kier molecular flexibility index (Phi) is 4.83. The third-order valence-electron chi connectivity index (χ3n) is 3.04. The lowest BCUT2D eigenvalue weighted by Gasteiger charge is -2.23. The van der Waals surface area contributed by atoms with E-state index in [0.29, 0.717) is 5.92 Å². The van der Waals surface area contributed by atoms with E-state index in [1.165, 1.54) is 4.88 Å².